The Kier molecular flexibility index (Phi) is 6.68. The molecule has 22 heavy (non-hydrogen) atoms. The van der Waals surface area contributed by atoms with Crippen LogP contribution >= 0.6 is 0 Å². The summed E-state index contributed by atoms with van der Waals surface area (Å²) in [6.07, 6.45) is 0. The van der Waals surface area contributed by atoms with E-state index in [2.05, 4.69) is 12.2 Å². The van der Waals surface area contributed by atoms with Gasteiger partial charge in [0, 0.05) is 5.54 Å². The molecule has 0 spiro atoms. The highest BCUT2D eigenvalue weighted by Gasteiger charge is 2.20. The number of benzene rings is 1. The molecule has 0 aliphatic rings. The van der Waals surface area contributed by atoms with Crippen LogP contribution in [0.2, 0.25) is 0 Å². The molecule has 0 aliphatic heterocycles. The fourth-order valence-corrected chi connectivity index (χ4v) is 2.29. The van der Waals surface area contributed by atoms with Crippen molar-refractivity contribution in [2.45, 2.75) is 39.8 Å². The van der Waals surface area contributed by atoms with E-state index in [1.807, 2.05) is 39.0 Å². The van der Waals surface area contributed by atoms with Gasteiger partial charge in [0.25, 0.3) is 5.91 Å². The zero-order chi connectivity index (χ0) is 16.8. The minimum Gasteiger partial charge on any atom is -0.497 e. The Morgan fingerprint density at radius 1 is 1.23 bits per heavy atom. The monoisotopic (exact) mass is 309 g/mol. The van der Waals surface area contributed by atoms with Gasteiger partial charge in [-0.15, -0.1) is 0 Å². The number of amides is 1. The number of rotatable bonds is 7. The Bertz CT molecular complexity index is 495. The summed E-state index contributed by atoms with van der Waals surface area (Å²) in [5, 5.41) is 3.01. The second-order valence-electron chi connectivity index (χ2n) is 6.43. The van der Waals surface area contributed by atoms with E-state index in [9.17, 15) is 4.79 Å². The summed E-state index contributed by atoms with van der Waals surface area (Å²) in [6, 6.07) is 5.74. The van der Waals surface area contributed by atoms with Gasteiger partial charge in [0.05, 0.1) is 26.3 Å². The van der Waals surface area contributed by atoms with Crippen LogP contribution in [0.4, 0.5) is 0 Å². The zero-order valence-corrected chi connectivity index (χ0v) is 14.6. The van der Waals surface area contributed by atoms with Crippen molar-refractivity contribution in [3.05, 3.63) is 23.8 Å². The summed E-state index contributed by atoms with van der Waals surface area (Å²) in [5.74, 6) is 1.68. The predicted octanol–water partition coefficient (Wildman–Crippen LogP) is 1.02. The minimum atomic E-state index is -0.205. The Balaban J connectivity index is 2.79. The van der Waals surface area contributed by atoms with Gasteiger partial charge in [-0.1, -0.05) is 0 Å². The smallest absolute Gasteiger partial charge is 0.275 e. The second-order valence-corrected chi connectivity index (χ2v) is 6.43. The zero-order valence-electron chi connectivity index (χ0n) is 14.6. The molecule has 1 atom stereocenters. The average molecular weight is 309 g/mol. The molecule has 124 valence electrons. The highest BCUT2D eigenvalue weighted by molar-refractivity contribution is 5.77. The van der Waals surface area contributed by atoms with Crippen LogP contribution in [0.15, 0.2) is 18.2 Å². The summed E-state index contributed by atoms with van der Waals surface area (Å²) >= 11 is 0. The van der Waals surface area contributed by atoms with E-state index in [0.29, 0.717) is 13.1 Å². The highest BCUT2D eigenvalue weighted by atomic mass is 16.5. The van der Waals surface area contributed by atoms with E-state index in [1.165, 1.54) is 4.90 Å². The lowest BCUT2D eigenvalue weighted by atomic mass is 10.1. The fraction of sp³-hybridized carbons (Fsp3) is 0.588. The number of nitrogens with one attached hydrogen (secondary N) is 2. The standard InChI is InChI=1S/C17H28N2O3/c1-7-19(12-16(20)18-17(2,3)4)11-13-10-14(21-5)8-9-15(13)22-6/h8-10H,7,11-12H2,1-6H3,(H,18,20)/p+1. The number of carbonyl (C=O) groups excluding carboxylic acids is 1. The topological polar surface area (TPSA) is 52.0 Å². The van der Waals surface area contributed by atoms with Crippen LogP contribution in [-0.4, -0.2) is 38.8 Å². The Labute approximate surface area is 133 Å². The molecule has 0 aliphatic carbocycles. The van der Waals surface area contributed by atoms with Crippen LogP contribution in [0.5, 0.6) is 11.5 Å². The molecule has 0 fully saturated rings. The molecule has 0 bridgehead atoms. The first kappa shape index (κ1) is 18.3. The SMILES string of the molecule is CC[NH+](CC(=O)NC(C)(C)C)Cc1cc(OC)ccc1OC. The van der Waals surface area contributed by atoms with Crippen molar-refractivity contribution < 1.29 is 19.2 Å². The maximum atomic E-state index is 12.1. The van der Waals surface area contributed by atoms with E-state index in [0.717, 1.165) is 23.6 Å². The number of hydrogen-bond acceptors (Lipinski definition) is 3. The van der Waals surface area contributed by atoms with E-state index in [1.54, 1.807) is 14.2 Å². The summed E-state index contributed by atoms with van der Waals surface area (Å²) in [5.41, 5.74) is 0.839. The molecular weight excluding hydrogens is 280 g/mol. The van der Waals surface area contributed by atoms with Gasteiger partial charge in [-0.05, 0) is 45.9 Å². The molecule has 5 heteroatoms. The van der Waals surface area contributed by atoms with Gasteiger partial charge < -0.3 is 19.7 Å². The van der Waals surface area contributed by atoms with E-state index < -0.39 is 0 Å². The quantitative estimate of drug-likeness (QED) is 0.791. The van der Waals surface area contributed by atoms with Crippen LogP contribution in [0, 0.1) is 0 Å². The third-order valence-electron chi connectivity index (χ3n) is 3.35. The molecule has 0 saturated heterocycles. The predicted molar refractivity (Wildman–Crippen MR) is 87.5 cm³/mol. The van der Waals surface area contributed by atoms with Gasteiger partial charge in [0.2, 0.25) is 0 Å². The molecule has 1 aromatic carbocycles. The lowest BCUT2D eigenvalue weighted by Crippen LogP contribution is -3.11. The normalized spacial score (nSPS) is 12.6. The number of quaternary nitrogens is 1. The molecule has 0 radical (unpaired) electrons. The molecule has 1 aromatic rings. The van der Waals surface area contributed by atoms with Crippen molar-refractivity contribution in [2.75, 3.05) is 27.3 Å². The van der Waals surface area contributed by atoms with E-state index in [4.69, 9.17) is 9.47 Å². The molecule has 1 rings (SSSR count). The molecule has 5 nitrogen and oxygen atoms in total. The molecule has 1 amide bonds. The first-order chi connectivity index (χ1) is 10.3. The first-order valence-corrected chi connectivity index (χ1v) is 7.64. The molecule has 0 heterocycles. The number of carbonyl (C=O) groups is 1. The van der Waals surface area contributed by atoms with Crippen molar-refractivity contribution in [1.82, 2.24) is 5.32 Å². The summed E-state index contributed by atoms with van der Waals surface area (Å²) in [4.78, 5) is 13.3. The molecular formula is C17H29N2O3+. The van der Waals surface area contributed by atoms with Gasteiger partial charge in [0.15, 0.2) is 6.54 Å². The van der Waals surface area contributed by atoms with Crippen LogP contribution in [0.25, 0.3) is 0 Å². The third-order valence-corrected chi connectivity index (χ3v) is 3.35. The van der Waals surface area contributed by atoms with Gasteiger partial charge >= 0.3 is 0 Å². The number of ether oxygens (including phenoxy) is 2. The van der Waals surface area contributed by atoms with E-state index in [-0.39, 0.29) is 11.4 Å². The maximum Gasteiger partial charge on any atom is 0.275 e. The van der Waals surface area contributed by atoms with Crippen LogP contribution < -0.4 is 19.7 Å². The third kappa shape index (κ3) is 5.93. The Hall–Kier alpha value is -1.75. The second kappa shape index (κ2) is 8.03. The lowest BCUT2D eigenvalue weighted by molar-refractivity contribution is -0.904. The van der Waals surface area contributed by atoms with Crippen LogP contribution in [0.1, 0.15) is 33.3 Å². The molecule has 0 aromatic heterocycles. The Morgan fingerprint density at radius 2 is 1.91 bits per heavy atom. The molecule has 0 saturated carbocycles. The molecule has 1 unspecified atom stereocenters. The van der Waals surface area contributed by atoms with Gasteiger partial charge in [0.1, 0.15) is 18.0 Å². The maximum absolute atomic E-state index is 12.1. The molecule has 2 N–H and O–H groups in total. The summed E-state index contributed by atoms with van der Waals surface area (Å²) in [6.45, 7) is 10.1. The first-order valence-electron chi connectivity index (χ1n) is 7.64. The lowest BCUT2D eigenvalue weighted by Gasteiger charge is -2.23. The van der Waals surface area contributed by atoms with Crippen molar-refractivity contribution in [3.8, 4) is 11.5 Å². The van der Waals surface area contributed by atoms with E-state index >= 15 is 0 Å². The van der Waals surface area contributed by atoms with Crippen LogP contribution in [-0.2, 0) is 11.3 Å². The van der Waals surface area contributed by atoms with Crippen molar-refractivity contribution in [3.63, 3.8) is 0 Å². The highest BCUT2D eigenvalue weighted by Crippen LogP contribution is 2.23. The summed E-state index contributed by atoms with van der Waals surface area (Å²) < 4.78 is 10.7. The largest absolute Gasteiger partial charge is 0.497 e. The van der Waals surface area contributed by atoms with Crippen molar-refractivity contribution >= 4 is 5.91 Å². The summed E-state index contributed by atoms with van der Waals surface area (Å²) in [7, 11) is 3.30. The van der Waals surface area contributed by atoms with Crippen molar-refractivity contribution in [1.29, 1.82) is 0 Å². The number of methoxy groups -OCH3 is 2. The minimum absolute atomic E-state index is 0.0613. The number of likely N-dealkylation sites (N-methyl/N-ethyl adjacent to an activating group) is 1. The Morgan fingerprint density at radius 3 is 2.41 bits per heavy atom. The van der Waals surface area contributed by atoms with Gasteiger partial charge in [-0.3, -0.25) is 4.79 Å². The van der Waals surface area contributed by atoms with Crippen LogP contribution in [0.3, 0.4) is 0 Å². The average Bonchev–Trinajstić information content (AvgIpc) is 2.44. The van der Waals surface area contributed by atoms with Gasteiger partial charge in [-0.2, -0.15) is 0 Å². The number of hydrogen-bond donors (Lipinski definition) is 2. The van der Waals surface area contributed by atoms with Crippen molar-refractivity contribution in [2.24, 2.45) is 0 Å². The fourth-order valence-electron chi connectivity index (χ4n) is 2.29. The van der Waals surface area contributed by atoms with Gasteiger partial charge in [-0.25, -0.2) is 0 Å².